The van der Waals surface area contributed by atoms with Gasteiger partial charge in [0.05, 0.1) is 0 Å². The van der Waals surface area contributed by atoms with Gasteiger partial charge in [-0.2, -0.15) is 0 Å². The summed E-state index contributed by atoms with van der Waals surface area (Å²) in [4.78, 5) is 2.63. The predicted molar refractivity (Wildman–Crippen MR) is 88.9 cm³/mol. The fourth-order valence-corrected chi connectivity index (χ4v) is 4.07. The fourth-order valence-electron chi connectivity index (χ4n) is 4.07. The molecule has 2 heterocycles. The van der Waals surface area contributed by atoms with Crippen molar-refractivity contribution in [3.8, 4) is 0 Å². The van der Waals surface area contributed by atoms with Gasteiger partial charge >= 0.3 is 0 Å². The maximum Gasteiger partial charge on any atom is 0.0499 e. The van der Waals surface area contributed by atoms with E-state index < -0.39 is 0 Å². The summed E-state index contributed by atoms with van der Waals surface area (Å²) in [5.41, 5.74) is 1.48. The number of ether oxygens (including phenoxy) is 1. The number of rotatable bonds is 5. The molecule has 3 heteroatoms. The van der Waals surface area contributed by atoms with E-state index in [0.717, 1.165) is 51.9 Å². The van der Waals surface area contributed by atoms with Gasteiger partial charge in [-0.15, -0.1) is 0 Å². The Balaban J connectivity index is 1.61. The Kier molecular flexibility index (Phi) is 5.51. The normalized spacial score (nSPS) is 27.9. The highest BCUT2D eigenvalue weighted by Crippen LogP contribution is 2.36. The molecule has 0 aliphatic carbocycles. The van der Waals surface area contributed by atoms with Crippen LogP contribution in [-0.4, -0.2) is 49.0 Å². The largest absolute Gasteiger partial charge is 0.396 e. The van der Waals surface area contributed by atoms with Gasteiger partial charge in [0.2, 0.25) is 0 Å². The quantitative estimate of drug-likeness (QED) is 0.908. The van der Waals surface area contributed by atoms with E-state index in [4.69, 9.17) is 4.74 Å². The van der Waals surface area contributed by atoms with Crippen molar-refractivity contribution in [3.63, 3.8) is 0 Å². The number of aliphatic hydroxyl groups is 1. The van der Waals surface area contributed by atoms with Crippen molar-refractivity contribution in [2.75, 3.05) is 32.9 Å². The summed E-state index contributed by atoms with van der Waals surface area (Å²) in [5.74, 6) is 0. The Labute approximate surface area is 134 Å². The number of aryl methyl sites for hydroxylation is 1. The fraction of sp³-hybridized carbons (Fsp3) is 0.684. The van der Waals surface area contributed by atoms with Crippen LogP contribution in [0.2, 0.25) is 0 Å². The Morgan fingerprint density at radius 3 is 2.68 bits per heavy atom. The molecule has 0 spiro atoms. The van der Waals surface area contributed by atoms with Gasteiger partial charge in [-0.3, -0.25) is 4.90 Å². The lowest BCUT2D eigenvalue weighted by Gasteiger charge is -2.46. The molecule has 2 aliphatic heterocycles. The van der Waals surface area contributed by atoms with Gasteiger partial charge in [0.25, 0.3) is 0 Å². The van der Waals surface area contributed by atoms with Crippen molar-refractivity contribution >= 4 is 0 Å². The molecule has 0 amide bonds. The second-order valence-electron chi connectivity index (χ2n) is 7.06. The maximum atomic E-state index is 10.1. The monoisotopic (exact) mass is 303 g/mol. The molecular weight excluding hydrogens is 274 g/mol. The minimum atomic E-state index is 0.0897. The third kappa shape index (κ3) is 3.89. The average Bonchev–Trinajstić information content (AvgIpc) is 2.62. The van der Waals surface area contributed by atoms with Crippen LogP contribution >= 0.6 is 0 Å². The van der Waals surface area contributed by atoms with Crippen LogP contribution in [-0.2, 0) is 11.2 Å². The highest BCUT2D eigenvalue weighted by atomic mass is 16.5. The first kappa shape index (κ1) is 16.0. The first-order valence-corrected chi connectivity index (χ1v) is 8.78. The smallest absolute Gasteiger partial charge is 0.0499 e. The zero-order valence-corrected chi connectivity index (χ0v) is 13.5. The molecule has 1 atom stereocenters. The molecule has 0 aromatic heterocycles. The van der Waals surface area contributed by atoms with E-state index in [-0.39, 0.29) is 5.41 Å². The average molecular weight is 303 g/mol. The lowest BCUT2D eigenvalue weighted by molar-refractivity contribution is -0.0260. The second-order valence-corrected chi connectivity index (χ2v) is 7.06. The number of nitrogens with zero attached hydrogens (tertiary/aromatic N) is 1. The molecule has 3 nitrogen and oxygen atoms in total. The highest BCUT2D eigenvalue weighted by Gasteiger charge is 2.37. The van der Waals surface area contributed by atoms with Crippen LogP contribution in [0.1, 0.15) is 37.7 Å². The molecule has 1 aromatic rings. The molecule has 0 radical (unpaired) electrons. The van der Waals surface area contributed by atoms with Crippen LogP contribution in [0.15, 0.2) is 30.3 Å². The first-order valence-electron chi connectivity index (χ1n) is 8.78. The molecule has 122 valence electrons. The molecule has 1 aromatic carbocycles. The Morgan fingerprint density at radius 2 is 1.95 bits per heavy atom. The minimum absolute atomic E-state index is 0.0897. The number of piperidine rings is 1. The van der Waals surface area contributed by atoms with Gasteiger partial charge in [-0.05, 0) is 50.6 Å². The Hall–Kier alpha value is -0.900. The van der Waals surface area contributed by atoms with E-state index in [1.807, 2.05) is 0 Å². The molecule has 2 fully saturated rings. The lowest BCUT2D eigenvalue weighted by atomic mass is 9.75. The van der Waals surface area contributed by atoms with Crippen molar-refractivity contribution in [2.24, 2.45) is 5.41 Å². The van der Waals surface area contributed by atoms with Crippen LogP contribution in [0.3, 0.4) is 0 Å². The van der Waals surface area contributed by atoms with Gasteiger partial charge < -0.3 is 9.84 Å². The third-order valence-electron chi connectivity index (χ3n) is 5.52. The van der Waals surface area contributed by atoms with Gasteiger partial charge in [0.1, 0.15) is 0 Å². The topological polar surface area (TPSA) is 32.7 Å². The number of hydrogen-bond acceptors (Lipinski definition) is 3. The maximum absolute atomic E-state index is 10.1. The van der Waals surface area contributed by atoms with Crippen LogP contribution in [0, 0.1) is 5.41 Å². The van der Waals surface area contributed by atoms with Crippen LogP contribution in [0.5, 0.6) is 0 Å². The summed E-state index contributed by atoms with van der Waals surface area (Å²) in [6.07, 6.45) is 6.85. The number of benzene rings is 1. The van der Waals surface area contributed by atoms with E-state index >= 15 is 0 Å². The van der Waals surface area contributed by atoms with Crippen molar-refractivity contribution in [1.29, 1.82) is 0 Å². The molecule has 1 N–H and O–H groups in total. The molecule has 3 rings (SSSR count). The standard InChI is InChI=1S/C19H29NO2/c21-16-19(11-7-17-5-2-1-3-6-17)10-4-12-20(15-19)18-8-13-22-14-9-18/h1-3,5-6,18,21H,4,7-16H2. The molecule has 22 heavy (non-hydrogen) atoms. The number of likely N-dealkylation sites (tertiary alicyclic amines) is 1. The van der Waals surface area contributed by atoms with Gasteiger partial charge in [0, 0.05) is 37.8 Å². The minimum Gasteiger partial charge on any atom is -0.396 e. The summed E-state index contributed by atoms with van der Waals surface area (Å²) in [7, 11) is 0. The molecule has 2 saturated heterocycles. The van der Waals surface area contributed by atoms with Crippen molar-refractivity contribution in [3.05, 3.63) is 35.9 Å². The van der Waals surface area contributed by atoms with E-state index in [0.29, 0.717) is 12.6 Å². The molecule has 1 unspecified atom stereocenters. The van der Waals surface area contributed by atoms with Gasteiger partial charge in [-0.25, -0.2) is 0 Å². The van der Waals surface area contributed by atoms with E-state index in [9.17, 15) is 5.11 Å². The van der Waals surface area contributed by atoms with Crippen molar-refractivity contribution in [1.82, 2.24) is 4.90 Å². The number of hydrogen-bond donors (Lipinski definition) is 1. The van der Waals surface area contributed by atoms with E-state index in [1.165, 1.54) is 18.5 Å². The van der Waals surface area contributed by atoms with E-state index in [2.05, 4.69) is 35.2 Å². The van der Waals surface area contributed by atoms with Crippen LogP contribution in [0.25, 0.3) is 0 Å². The third-order valence-corrected chi connectivity index (χ3v) is 5.52. The Bertz CT molecular complexity index is 444. The van der Waals surface area contributed by atoms with Crippen molar-refractivity contribution < 1.29 is 9.84 Å². The first-order chi connectivity index (χ1) is 10.8. The van der Waals surface area contributed by atoms with Crippen LogP contribution < -0.4 is 0 Å². The van der Waals surface area contributed by atoms with Crippen molar-refractivity contribution in [2.45, 2.75) is 44.6 Å². The second kappa shape index (κ2) is 7.58. The molecular formula is C19H29NO2. The SMILES string of the molecule is OCC1(CCc2ccccc2)CCCN(C2CCOCC2)C1. The summed E-state index contributed by atoms with van der Waals surface area (Å²) in [5, 5.41) is 10.1. The predicted octanol–water partition coefficient (Wildman–Crippen LogP) is 2.87. The zero-order valence-electron chi connectivity index (χ0n) is 13.5. The lowest BCUT2D eigenvalue weighted by Crippen LogP contribution is -2.51. The van der Waals surface area contributed by atoms with Gasteiger partial charge in [0.15, 0.2) is 0 Å². The summed E-state index contributed by atoms with van der Waals surface area (Å²) < 4.78 is 5.50. The highest BCUT2D eigenvalue weighted by molar-refractivity contribution is 5.15. The molecule has 2 aliphatic rings. The summed E-state index contributed by atoms with van der Waals surface area (Å²) in [6.45, 7) is 4.37. The summed E-state index contributed by atoms with van der Waals surface area (Å²) in [6, 6.07) is 11.3. The zero-order chi connectivity index (χ0) is 15.3. The molecule has 0 bridgehead atoms. The number of aliphatic hydroxyl groups excluding tert-OH is 1. The Morgan fingerprint density at radius 1 is 1.18 bits per heavy atom. The summed E-state index contributed by atoms with van der Waals surface area (Å²) >= 11 is 0. The van der Waals surface area contributed by atoms with Gasteiger partial charge in [-0.1, -0.05) is 30.3 Å². The molecule has 0 saturated carbocycles. The van der Waals surface area contributed by atoms with E-state index in [1.54, 1.807) is 0 Å². The van der Waals surface area contributed by atoms with Crippen LogP contribution in [0.4, 0.5) is 0 Å².